The Balaban J connectivity index is 1.23. The summed E-state index contributed by atoms with van der Waals surface area (Å²) in [6.07, 6.45) is 9.62. The number of hydrogen-bond donors (Lipinski definition) is 2. The van der Waals surface area contributed by atoms with Crippen LogP contribution in [0.3, 0.4) is 0 Å². The number of carbonyl (C=O) groups excluding carboxylic acids is 1. The van der Waals surface area contributed by atoms with E-state index in [1.54, 1.807) is 29.0 Å². The molecule has 0 bridgehead atoms. The SMILES string of the molecule is Cn1cc(Nc2ncc([N+](=O)[O-])c(Nc3ccc(-c4cnn(C5CCN(C(=O)OC(C)(C)C)CC5)c4)cc3)n2)cn1. The molecule has 1 aliphatic heterocycles. The molecule has 1 saturated heterocycles. The molecule has 0 atom stereocenters. The Morgan fingerprint density at radius 1 is 1.00 bits per heavy atom. The average Bonchev–Trinajstić information content (AvgIpc) is 3.58. The monoisotopic (exact) mass is 560 g/mol. The van der Waals surface area contributed by atoms with E-state index in [0.717, 1.165) is 30.2 Å². The van der Waals surface area contributed by atoms with Crippen LogP contribution in [-0.4, -0.2) is 64.1 Å². The Bertz CT molecular complexity index is 1530. The lowest BCUT2D eigenvalue weighted by molar-refractivity contribution is -0.384. The molecule has 1 aromatic carbocycles. The van der Waals surface area contributed by atoms with Crippen molar-refractivity contribution in [3.05, 3.63) is 65.4 Å². The fourth-order valence-corrected chi connectivity index (χ4v) is 4.49. The van der Waals surface area contributed by atoms with E-state index in [4.69, 9.17) is 4.74 Å². The molecule has 3 aromatic heterocycles. The van der Waals surface area contributed by atoms with Crippen LogP contribution in [-0.2, 0) is 11.8 Å². The molecule has 41 heavy (non-hydrogen) atoms. The van der Waals surface area contributed by atoms with Crippen molar-refractivity contribution < 1.29 is 14.5 Å². The van der Waals surface area contributed by atoms with Crippen LogP contribution < -0.4 is 10.6 Å². The van der Waals surface area contributed by atoms with Crippen molar-refractivity contribution in [3.63, 3.8) is 0 Å². The Morgan fingerprint density at radius 2 is 1.73 bits per heavy atom. The van der Waals surface area contributed by atoms with Crippen LogP contribution in [0.5, 0.6) is 0 Å². The van der Waals surface area contributed by atoms with Crippen LogP contribution in [0, 0.1) is 10.1 Å². The van der Waals surface area contributed by atoms with Crippen molar-refractivity contribution in [2.75, 3.05) is 23.7 Å². The second kappa shape index (κ2) is 11.2. The molecule has 5 rings (SSSR count). The number of nitrogens with one attached hydrogen (secondary N) is 2. The quantitative estimate of drug-likeness (QED) is 0.232. The number of nitro groups is 1. The molecule has 0 saturated carbocycles. The summed E-state index contributed by atoms with van der Waals surface area (Å²) in [6, 6.07) is 7.67. The number of benzene rings is 1. The maximum Gasteiger partial charge on any atom is 0.410 e. The molecule has 1 amide bonds. The molecule has 214 valence electrons. The lowest BCUT2D eigenvalue weighted by atomic mass is 10.1. The molecule has 1 fully saturated rings. The van der Waals surface area contributed by atoms with E-state index in [1.807, 2.05) is 62.1 Å². The highest BCUT2D eigenvalue weighted by Gasteiger charge is 2.28. The molecule has 0 unspecified atom stereocenters. The van der Waals surface area contributed by atoms with Crippen LogP contribution in [0.25, 0.3) is 11.1 Å². The van der Waals surface area contributed by atoms with Gasteiger partial charge in [-0.25, -0.2) is 9.78 Å². The molecular formula is C27H32N10O4. The fraction of sp³-hybridized carbons (Fsp3) is 0.370. The zero-order valence-electron chi connectivity index (χ0n) is 23.3. The number of aromatic nitrogens is 6. The summed E-state index contributed by atoms with van der Waals surface area (Å²) < 4.78 is 9.06. The van der Waals surface area contributed by atoms with E-state index in [9.17, 15) is 14.9 Å². The van der Waals surface area contributed by atoms with Gasteiger partial charge in [-0.15, -0.1) is 0 Å². The molecular weight excluding hydrogens is 528 g/mol. The fourth-order valence-electron chi connectivity index (χ4n) is 4.49. The summed E-state index contributed by atoms with van der Waals surface area (Å²) in [7, 11) is 1.78. The predicted octanol–water partition coefficient (Wildman–Crippen LogP) is 5.04. The highest BCUT2D eigenvalue weighted by atomic mass is 16.6. The zero-order chi connectivity index (χ0) is 29.1. The number of carbonyl (C=O) groups is 1. The van der Waals surface area contributed by atoms with Gasteiger partial charge in [-0.3, -0.25) is 19.5 Å². The van der Waals surface area contributed by atoms with Crippen molar-refractivity contribution >= 4 is 34.9 Å². The second-order valence-electron chi connectivity index (χ2n) is 10.8. The van der Waals surface area contributed by atoms with E-state index in [0.29, 0.717) is 24.5 Å². The molecule has 4 heterocycles. The lowest BCUT2D eigenvalue weighted by Gasteiger charge is -2.33. The zero-order valence-corrected chi connectivity index (χ0v) is 23.3. The first kappa shape index (κ1) is 27.6. The third-order valence-corrected chi connectivity index (χ3v) is 6.50. The molecule has 0 radical (unpaired) electrons. The largest absolute Gasteiger partial charge is 0.444 e. The van der Waals surface area contributed by atoms with Gasteiger partial charge in [0.2, 0.25) is 11.8 Å². The summed E-state index contributed by atoms with van der Waals surface area (Å²) in [5.74, 6) is 0.266. The van der Waals surface area contributed by atoms with E-state index < -0.39 is 10.5 Å². The average molecular weight is 561 g/mol. The first-order chi connectivity index (χ1) is 19.5. The van der Waals surface area contributed by atoms with Gasteiger partial charge in [0.05, 0.1) is 29.0 Å². The van der Waals surface area contributed by atoms with Gasteiger partial charge in [-0.1, -0.05) is 12.1 Å². The van der Waals surface area contributed by atoms with Crippen LogP contribution in [0.15, 0.2) is 55.2 Å². The third kappa shape index (κ3) is 6.77. The number of nitrogens with zero attached hydrogens (tertiary/aromatic N) is 8. The molecule has 1 aliphatic rings. The van der Waals surface area contributed by atoms with Crippen molar-refractivity contribution in [1.29, 1.82) is 0 Å². The van der Waals surface area contributed by atoms with Gasteiger partial charge in [-0.05, 0) is 51.3 Å². The Labute approximate surface area is 236 Å². The molecule has 2 N–H and O–H groups in total. The number of likely N-dealkylation sites (tertiary alicyclic amines) is 1. The van der Waals surface area contributed by atoms with Gasteiger partial charge in [0.25, 0.3) is 0 Å². The maximum atomic E-state index is 12.4. The number of anilines is 4. The van der Waals surface area contributed by atoms with Gasteiger partial charge >= 0.3 is 11.8 Å². The van der Waals surface area contributed by atoms with Gasteiger partial charge in [0.15, 0.2) is 0 Å². The van der Waals surface area contributed by atoms with Gasteiger partial charge in [0.1, 0.15) is 11.8 Å². The molecule has 14 heteroatoms. The van der Waals surface area contributed by atoms with Crippen molar-refractivity contribution in [3.8, 4) is 11.1 Å². The molecule has 4 aromatic rings. The Morgan fingerprint density at radius 3 is 2.37 bits per heavy atom. The molecule has 0 aliphatic carbocycles. The van der Waals surface area contributed by atoms with E-state index >= 15 is 0 Å². The number of aryl methyl sites for hydroxylation is 1. The van der Waals surface area contributed by atoms with Gasteiger partial charge < -0.3 is 20.3 Å². The smallest absolute Gasteiger partial charge is 0.410 e. The van der Waals surface area contributed by atoms with Gasteiger partial charge in [-0.2, -0.15) is 15.2 Å². The lowest BCUT2D eigenvalue weighted by Crippen LogP contribution is -2.42. The number of rotatable bonds is 7. The summed E-state index contributed by atoms with van der Waals surface area (Å²) in [4.78, 5) is 33.5. The first-order valence-electron chi connectivity index (χ1n) is 13.2. The molecule has 0 spiro atoms. The summed E-state index contributed by atoms with van der Waals surface area (Å²) in [6.45, 7) is 6.82. The van der Waals surface area contributed by atoms with Crippen molar-refractivity contribution in [2.24, 2.45) is 7.05 Å². The number of ether oxygens (including phenoxy) is 1. The minimum absolute atomic E-state index is 0.0645. The van der Waals surface area contributed by atoms with E-state index in [2.05, 4.69) is 30.8 Å². The number of hydrogen-bond acceptors (Lipinski definition) is 10. The highest BCUT2D eigenvalue weighted by Crippen LogP contribution is 2.30. The highest BCUT2D eigenvalue weighted by molar-refractivity contribution is 5.70. The maximum absolute atomic E-state index is 12.4. The minimum Gasteiger partial charge on any atom is -0.444 e. The van der Waals surface area contributed by atoms with Gasteiger partial charge in [0, 0.05) is 43.8 Å². The Hall–Kier alpha value is -5.01. The summed E-state index contributed by atoms with van der Waals surface area (Å²) in [5.41, 5.74) is 2.42. The number of piperidine rings is 1. The second-order valence-corrected chi connectivity index (χ2v) is 10.8. The Kier molecular flexibility index (Phi) is 7.55. The van der Waals surface area contributed by atoms with Crippen LogP contribution in [0.4, 0.5) is 33.6 Å². The summed E-state index contributed by atoms with van der Waals surface area (Å²) in [5, 5.41) is 26.3. The third-order valence-electron chi connectivity index (χ3n) is 6.50. The molecule has 14 nitrogen and oxygen atoms in total. The van der Waals surface area contributed by atoms with E-state index in [-0.39, 0.29) is 29.6 Å². The van der Waals surface area contributed by atoms with Crippen molar-refractivity contribution in [1.82, 2.24) is 34.4 Å². The first-order valence-corrected chi connectivity index (χ1v) is 13.2. The van der Waals surface area contributed by atoms with Crippen molar-refractivity contribution in [2.45, 2.75) is 45.3 Å². The minimum atomic E-state index is -0.531. The van der Waals surface area contributed by atoms with Crippen LogP contribution in [0.2, 0.25) is 0 Å². The van der Waals surface area contributed by atoms with Crippen LogP contribution >= 0.6 is 0 Å². The summed E-state index contributed by atoms with van der Waals surface area (Å²) >= 11 is 0. The topological polar surface area (TPSA) is 158 Å². The normalized spacial score (nSPS) is 14.1. The van der Waals surface area contributed by atoms with E-state index in [1.165, 1.54) is 0 Å². The number of amides is 1. The standard InChI is InChI=1S/C27H32N10O4/c1-27(2,3)41-26(38)35-11-9-22(10-12-35)36-16-19(13-30-36)18-5-7-20(8-6-18)31-24-23(37(39)40)15-28-25(33-24)32-21-14-29-34(4)17-21/h5-8,13-17,22H,9-12H2,1-4H3,(H2,28,31,32,33). The van der Waals surface area contributed by atoms with Crippen LogP contribution in [0.1, 0.15) is 39.7 Å². The predicted molar refractivity (Wildman–Crippen MR) is 152 cm³/mol.